The van der Waals surface area contributed by atoms with Crippen molar-refractivity contribution in [2.24, 2.45) is 0 Å². The third kappa shape index (κ3) is 4.51. The van der Waals surface area contributed by atoms with Crippen molar-refractivity contribution in [3.8, 4) is 11.1 Å². The maximum absolute atomic E-state index is 12.2. The van der Waals surface area contributed by atoms with Gasteiger partial charge in [0, 0.05) is 50.9 Å². The monoisotopic (exact) mass is 391 g/mol. The summed E-state index contributed by atoms with van der Waals surface area (Å²) in [6, 6.07) is 10.7. The number of benzene rings is 1. The molecule has 1 fully saturated rings. The van der Waals surface area contributed by atoms with Crippen LogP contribution in [0.5, 0.6) is 0 Å². The van der Waals surface area contributed by atoms with Crippen LogP contribution in [0, 0.1) is 0 Å². The van der Waals surface area contributed by atoms with Gasteiger partial charge in [0.1, 0.15) is 5.60 Å². The topological polar surface area (TPSA) is 45.7 Å². The van der Waals surface area contributed by atoms with Gasteiger partial charge >= 0.3 is 6.09 Å². The van der Waals surface area contributed by atoms with Gasteiger partial charge in [-0.15, -0.1) is 0 Å². The van der Waals surface area contributed by atoms with Crippen molar-refractivity contribution in [2.75, 3.05) is 32.7 Å². The van der Waals surface area contributed by atoms with E-state index in [1.165, 1.54) is 27.9 Å². The highest BCUT2D eigenvalue weighted by Gasteiger charge is 2.25. The molecule has 1 aromatic heterocycles. The normalized spacial score (nSPS) is 16.7. The number of aromatic nitrogens is 1. The second kappa shape index (κ2) is 7.99. The van der Waals surface area contributed by atoms with Gasteiger partial charge < -0.3 is 9.64 Å². The van der Waals surface area contributed by atoms with Gasteiger partial charge in [0.25, 0.3) is 0 Å². The molecule has 0 unspecified atom stereocenters. The fraction of sp³-hybridized carbons (Fsp3) is 0.417. The molecule has 0 spiro atoms. The van der Waals surface area contributed by atoms with E-state index in [0.29, 0.717) is 13.1 Å². The summed E-state index contributed by atoms with van der Waals surface area (Å²) in [5, 5.41) is 0. The van der Waals surface area contributed by atoms with E-state index in [1.54, 1.807) is 4.90 Å². The number of rotatable bonds is 3. The molecule has 5 heteroatoms. The summed E-state index contributed by atoms with van der Waals surface area (Å²) >= 11 is 0. The molecule has 2 aliphatic rings. The number of nitrogens with zero attached hydrogens (tertiary/aromatic N) is 3. The third-order valence-electron chi connectivity index (χ3n) is 5.39. The maximum atomic E-state index is 12.2. The minimum Gasteiger partial charge on any atom is -0.444 e. The van der Waals surface area contributed by atoms with Crippen LogP contribution in [0.25, 0.3) is 17.2 Å². The Kier molecular flexibility index (Phi) is 5.41. The second-order valence-electron chi connectivity index (χ2n) is 8.73. The zero-order chi connectivity index (χ0) is 20.4. The molecule has 0 N–H and O–H groups in total. The van der Waals surface area contributed by atoms with Gasteiger partial charge in [0.15, 0.2) is 0 Å². The molecule has 1 aromatic carbocycles. The molecule has 29 heavy (non-hydrogen) atoms. The number of pyridine rings is 1. The van der Waals surface area contributed by atoms with Crippen molar-refractivity contribution in [2.45, 2.75) is 32.8 Å². The zero-order valence-electron chi connectivity index (χ0n) is 17.5. The number of carbonyl (C=O) groups excluding carboxylic acids is 1. The molecule has 152 valence electrons. The highest BCUT2D eigenvalue weighted by Crippen LogP contribution is 2.37. The second-order valence-corrected chi connectivity index (χ2v) is 8.73. The fourth-order valence-corrected chi connectivity index (χ4v) is 3.97. The zero-order valence-corrected chi connectivity index (χ0v) is 17.5. The Morgan fingerprint density at radius 2 is 1.90 bits per heavy atom. The highest BCUT2D eigenvalue weighted by atomic mass is 16.6. The average Bonchev–Trinajstić information content (AvgIpc) is 3.06. The first kappa shape index (κ1) is 19.6. The van der Waals surface area contributed by atoms with Crippen LogP contribution < -0.4 is 0 Å². The predicted octanol–water partition coefficient (Wildman–Crippen LogP) is 4.22. The summed E-state index contributed by atoms with van der Waals surface area (Å²) in [5.41, 5.74) is 5.89. The van der Waals surface area contributed by atoms with Crippen molar-refractivity contribution in [3.63, 3.8) is 0 Å². The first-order chi connectivity index (χ1) is 13.9. The quantitative estimate of drug-likeness (QED) is 0.671. The van der Waals surface area contributed by atoms with Crippen molar-refractivity contribution >= 4 is 12.2 Å². The minimum absolute atomic E-state index is 0.210. The number of hydrogen-bond acceptors (Lipinski definition) is 4. The lowest BCUT2D eigenvalue weighted by molar-refractivity contribution is 0.0154. The Morgan fingerprint density at radius 1 is 1.14 bits per heavy atom. The lowest BCUT2D eigenvalue weighted by atomic mass is 10.0. The van der Waals surface area contributed by atoms with Crippen molar-refractivity contribution < 1.29 is 9.53 Å². The average molecular weight is 392 g/mol. The molecular weight excluding hydrogens is 362 g/mol. The summed E-state index contributed by atoms with van der Waals surface area (Å²) in [6.07, 6.45) is 7.05. The van der Waals surface area contributed by atoms with Crippen LogP contribution in [0.4, 0.5) is 4.79 Å². The van der Waals surface area contributed by atoms with Gasteiger partial charge in [-0.3, -0.25) is 9.88 Å². The van der Waals surface area contributed by atoms with Gasteiger partial charge in [-0.2, -0.15) is 0 Å². The molecule has 1 aliphatic heterocycles. The van der Waals surface area contributed by atoms with E-state index >= 15 is 0 Å². The Morgan fingerprint density at radius 3 is 2.66 bits per heavy atom. The molecule has 1 saturated heterocycles. The van der Waals surface area contributed by atoms with Crippen LogP contribution in [-0.2, 0) is 11.2 Å². The van der Waals surface area contributed by atoms with Crippen LogP contribution in [0.2, 0.25) is 0 Å². The molecule has 0 bridgehead atoms. The number of carbonyl (C=O) groups is 1. The SMILES string of the molecule is CC(C)(C)OC(=O)N1CCN(C/C=C/c2ccnc3c2-c2ccccc2C3)CC1. The van der Waals surface area contributed by atoms with Crippen molar-refractivity contribution in [1.82, 2.24) is 14.8 Å². The molecule has 0 radical (unpaired) electrons. The van der Waals surface area contributed by atoms with Gasteiger partial charge in [-0.05, 0) is 43.5 Å². The number of ether oxygens (including phenoxy) is 1. The van der Waals surface area contributed by atoms with Crippen LogP contribution >= 0.6 is 0 Å². The summed E-state index contributed by atoms with van der Waals surface area (Å²) in [6.45, 7) is 9.73. The smallest absolute Gasteiger partial charge is 0.410 e. The molecule has 4 rings (SSSR count). The molecule has 1 aliphatic carbocycles. The Bertz CT molecular complexity index is 922. The van der Waals surface area contributed by atoms with Gasteiger partial charge in [-0.1, -0.05) is 36.4 Å². The Balaban J connectivity index is 1.35. The van der Waals surface area contributed by atoms with E-state index in [0.717, 1.165) is 26.1 Å². The van der Waals surface area contributed by atoms with E-state index in [1.807, 2.05) is 27.0 Å². The van der Waals surface area contributed by atoms with Gasteiger partial charge in [-0.25, -0.2) is 4.79 Å². The number of piperazine rings is 1. The molecule has 0 saturated carbocycles. The minimum atomic E-state index is -0.444. The molecule has 2 aromatic rings. The molecule has 0 atom stereocenters. The molecule has 1 amide bonds. The third-order valence-corrected chi connectivity index (χ3v) is 5.39. The summed E-state index contributed by atoms with van der Waals surface area (Å²) < 4.78 is 5.47. The standard InChI is InChI=1S/C24H29N3O2/c1-24(2,3)29-23(28)27-15-13-26(14-16-27)12-6-8-18-10-11-25-21-17-19-7-4-5-9-20(19)22(18)21/h4-11H,12-17H2,1-3H3/b8-6+. The fourth-order valence-electron chi connectivity index (χ4n) is 3.97. The summed E-state index contributed by atoms with van der Waals surface area (Å²) in [7, 11) is 0. The van der Waals surface area contributed by atoms with E-state index in [2.05, 4.69) is 52.4 Å². The van der Waals surface area contributed by atoms with E-state index in [9.17, 15) is 4.79 Å². The first-order valence-electron chi connectivity index (χ1n) is 10.3. The largest absolute Gasteiger partial charge is 0.444 e. The maximum Gasteiger partial charge on any atom is 0.410 e. The Hall–Kier alpha value is -2.66. The number of amides is 1. The Labute approximate surface area is 173 Å². The van der Waals surface area contributed by atoms with E-state index in [-0.39, 0.29) is 6.09 Å². The summed E-state index contributed by atoms with van der Waals surface area (Å²) in [4.78, 5) is 21.0. The number of hydrogen-bond donors (Lipinski definition) is 0. The van der Waals surface area contributed by atoms with Crippen LogP contribution in [0.3, 0.4) is 0 Å². The lowest BCUT2D eigenvalue weighted by Gasteiger charge is -2.35. The number of fused-ring (bicyclic) bond motifs is 3. The van der Waals surface area contributed by atoms with E-state index in [4.69, 9.17) is 4.74 Å². The van der Waals surface area contributed by atoms with Gasteiger partial charge in [0.05, 0.1) is 5.69 Å². The predicted molar refractivity (Wildman–Crippen MR) is 116 cm³/mol. The van der Waals surface area contributed by atoms with Crippen LogP contribution in [-0.4, -0.2) is 59.2 Å². The summed E-state index contributed by atoms with van der Waals surface area (Å²) in [5.74, 6) is 0. The molecular formula is C24H29N3O2. The van der Waals surface area contributed by atoms with Gasteiger partial charge in [0.2, 0.25) is 0 Å². The lowest BCUT2D eigenvalue weighted by Crippen LogP contribution is -2.49. The van der Waals surface area contributed by atoms with Crippen molar-refractivity contribution in [1.29, 1.82) is 0 Å². The van der Waals surface area contributed by atoms with Crippen LogP contribution in [0.15, 0.2) is 42.6 Å². The molecule has 5 nitrogen and oxygen atoms in total. The van der Waals surface area contributed by atoms with Crippen LogP contribution in [0.1, 0.15) is 37.6 Å². The first-order valence-corrected chi connectivity index (χ1v) is 10.3. The van der Waals surface area contributed by atoms with E-state index < -0.39 is 5.60 Å². The highest BCUT2D eigenvalue weighted by molar-refractivity contribution is 5.83. The molecule has 2 heterocycles. The van der Waals surface area contributed by atoms with Crippen molar-refractivity contribution in [3.05, 3.63) is 59.4 Å².